The number of aromatic nitrogens is 3. The van der Waals surface area contributed by atoms with Crippen LogP contribution in [0.15, 0.2) is 168 Å². The van der Waals surface area contributed by atoms with Gasteiger partial charge in [-0.3, -0.25) is 0 Å². The predicted molar refractivity (Wildman–Crippen MR) is 192 cm³/mol. The molecule has 0 N–H and O–H groups in total. The highest BCUT2D eigenvalue weighted by atomic mass is 16.3. The first-order chi connectivity index (χ1) is 23.3. The van der Waals surface area contributed by atoms with Crippen LogP contribution in [0.3, 0.4) is 0 Å². The van der Waals surface area contributed by atoms with Crippen molar-refractivity contribution in [3.63, 3.8) is 0 Å². The van der Waals surface area contributed by atoms with Crippen molar-refractivity contribution < 1.29 is 4.42 Å². The second-order valence-corrected chi connectivity index (χ2v) is 11.6. The molecule has 0 saturated carbocycles. The van der Waals surface area contributed by atoms with Crippen LogP contribution in [-0.2, 0) is 0 Å². The van der Waals surface area contributed by atoms with E-state index in [1.807, 2.05) is 54.6 Å². The van der Waals surface area contributed by atoms with Gasteiger partial charge in [0.2, 0.25) is 0 Å². The maximum Gasteiger partial charge on any atom is 0.164 e. The normalized spacial score (nSPS) is 11.4. The second-order valence-electron chi connectivity index (χ2n) is 11.6. The Hall–Kier alpha value is -6.39. The summed E-state index contributed by atoms with van der Waals surface area (Å²) >= 11 is 0. The number of rotatable bonds is 5. The summed E-state index contributed by atoms with van der Waals surface area (Å²) < 4.78 is 6.54. The van der Waals surface area contributed by atoms with E-state index in [2.05, 4.69) is 109 Å². The highest BCUT2D eigenvalue weighted by Crippen LogP contribution is 2.43. The molecule has 0 aliphatic carbocycles. The van der Waals surface area contributed by atoms with Crippen molar-refractivity contribution in [1.29, 1.82) is 0 Å². The van der Waals surface area contributed by atoms with Gasteiger partial charge in [0.1, 0.15) is 11.2 Å². The largest absolute Gasteiger partial charge is 0.455 e. The molecule has 2 heterocycles. The zero-order valence-electron chi connectivity index (χ0n) is 25.3. The summed E-state index contributed by atoms with van der Waals surface area (Å²) in [6, 6.07) is 56.2. The van der Waals surface area contributed by atoms with Crippen molar-refractivity contribution in [2.75, 3.05) is 0 Å². The van der Waals surface area contributed by atoms with E-state index < -0.39 is 0 Å². The lowest BCUT2D eigenvalue weighted by Crippen LogP contribution is -2.01. The second kappa shape index (κ2) is 11.2. The Morgan fingerprint density at radius 1 is 0.340 bits per heavy atom. The third-order valence-corrected chi connectivity index (χ3v) is 8.72. The molecule has 0 aliphatic rings. The van der Waals surface area contributed by atoms with Gasteiger partial charge in [0.15, 0.2) is 17.5 Å². The molecule has 0 unspecified atom stereocenters. The van der Waals surface area contributed by atoms with Crippen molar-refractivity contribution in [3.05, 3.63) is 164 Å². The average molecular weight is 602 g/mol. The molecule has 0 spiro atoms. The van der Waals surface area contributed by atoms with Crippen LogP contribution in [0.2, 0.25) is 0 Å². The van der Waals surface area contributed by atoms with Gasteiger partial charge in [0.25, 0.3) is 0 Å². The smallest absolute Gasteiger partial charge is 0.164 e. The van der Waals surface area contributed by atoms with Gasteiger partial charge in [0, 0.05) is 38.2 Å². The Morgan fingerprint density at radius 3 is 1.66 bits per heavy atom. The Bertz CT molecular complexity index is 2560. The van der Waals surface area contributed by atoms with E-state index in [1.165, 1.54) is 0 Å². The molecule has 7 aromatic carbocycles. The molecule has 0 amide bonds. The van der Waals surface area contributed by atoms with Crippen molar-refractivity contribution in [1.82, 2.24) is 15.0 Å². The van der Waals surface area contributed by atoms with Crippen LogP contribution in [0.4, 0.5) is 0 Å². The maximum atomic E-state index is 6.54. The number of nitrogens with zero attached hydrogens (tertiary/aromatic N) is 3. The quantitative estimate of drug-likeness (QED) is 0.197. The molecule has 4 nitrogen and oxygen atoms in total. The van der Waals surface area contributed by atoms with Crippen molar-refractivity contribution in [3.8, 4) is 56.4 Å². The van der Waals surface area contributed by atoms with Crippen molar-refractivity contribution in [2.24, 2.45) is 0 Å². The van der Waals surface area contributed by atoms with E-state index >= 15 is 0 Å². The Kier molecular flexibility index (Phi) is 6.43. The minimum absolute atomic E-state index is 0.611. The van der Waals surface area contributed by atoms with Gasteiger partial charge < -0.3 is 4.42 Å². The first-order valence-corrected chi connectivity index (χ1v) is 15.7. The zero-order valence-corrected chi connectivity index (χ0v) is 25.3. The minimum atomic E-state index is 0.611. The fourth-order valence-corrected chi connectivity index (χ4v) is 6.50. The van der Waals surface area contributed by atoms with E-state index in [4.69, 9.17) is 19.4 Å². The van der Waals surface area contributed by atoms with E-state index in [-0.39, 0.29) is 0 Å². The minimum Gasteiger partial charge on any atom is -0.455 e. The average Bonchev–Trinajstić information content (AvgIpc) is 3.54. The summed E-state index contributed by atoms with van der Waals surface area (Å²) in [4.78, 5) is 15.5. The summed E-state index contributed by atoms with van der Waals surface area (Å²) in [6.45, 7) is 0. The van der Waals surface area contributed by atoms with Crippen LogP contribution in [-0.4, -0.2) is 15.0 Å². The number of furan rings is 1. The summed E-state index contributed by atoms with van der Waals surface area (Å²) in [5.74, 6) is 1.85. The van der Waals surface area contributed by atoms with E-state index in [1.54, 1.807) is 0 Å². The zero-order chi connectivity index (χ0) is 31.2. The third-order valence-electron chi connectivity index (χ3n) is 8.72. The summed E-state index contributed by atoms with van der Waals surface area (Å²) in [5, 5.41) is 4.15. The molecule has 4 heteroatoms. The lowest BCUT2D eigenvalue weighted by Gasteiger charge is -2.14. The van der Waals surface area contributed by atoms with Crippen LogP contribution in [0, 0.1) is 0 Å². The topological polar surface area (TPSA) is 51.8 Å². The predicted octanol–water partition coefficient (Wildman–Crippen LogP) is 11.3. The van der Waals surface area contributed by atoms with E-state index in [0.717, 1.165) is 71.7 Å². The number of fused-ring (bicyclic) bond motifs is 5. The van der Waals surface area contributed by atoms with Gasteiger partial charge >= 0.3 is 0 Å². The van der Waals surface area contributed by atoms with Gasteiger partial charge in [-0.25, -0.2) is 15.0 Å². The van der Waals surface area contributed by atoms with Gasteiger partial charge in [-0.2, -0.15) is 0 Å². The number of hydrogen-bond acceptors (Lipinski definition) is 4. The molecule has 9 rings (SSSR count). The molecule has 2 aromatic heterocycles. The van der Waals surface area contributed by atoms with E-state index in [9.17, 15) is 0 Å². The Labute approximate surface area is 271 Å². The number of hydrogen-bond donors (Lipinski definition) is 0. The molecule has 0 fully saturated rings. The Balaban J connectivity index is 1.37. The van der Waals surface area contributed by atoms with Crippen LogP contribution < -0.4 is 0 Å². The molecular weight excluding hydrogens is 574 g/mol. The summed E-state index contributed by atoms with van der Waals surface area (Å²) in [6.07, 6.45) is 0. The van der Waals surface area contributed by atoms with Crippen LogP contribution in [0.5, 0.6) is 0 Å². The van der Waals surface area contributed by atoms with Crippen molar-refractivity contribution >= 4 is 32.7 Å². The standard InChI is InChI=1S/C43H27N3O/c1-4-14-28(15-5-1)31-20-12-21-32(26-31)42-44-41(30-18-8-3-9-19-30)45-43(46-42)37-27-36-34-22-10-11-25-38(34)47-40(36)35-24-13-23-33(39(35)37)29-16-6-2-7-17-29/h1-27H. The molecule has 0 radical (unpaired) electrons. The lowest BCUT2D eigenvalue weighted by molar-refractivity contribution is 0.672. The first kappa shape index (κ1) is 27.0. The molecule has 47 heavy (non-hydrogen) atoms. The SMILES string of the molecule is c1ccc(-c2cccc(-c3nc(-c4ccccc4)nc(-c4cc5c6ccccc6oc5c5cccc(-c6ccccc6)c45)n3)c2)cc1. The molecule has 9 aromatic rings. The first-order valence-electron chi connectivity index (χ1n) is 15.7. The highest BCUT2D eigenvalue weighted by Gasteiger charge is 2.21. The van der Waals surface area contributed by atoms with Crippen LogP contribution >= 0.6 is 0 Å². The monoisotopic (exact) mass is 601 g/mol. The van der Waals surface area contributed by atoms with E-state index in [0.29, 0.717) is 17.5 Å². The molecular formula is C43H27N3O. The molecule has 220 valence electrons. The molecule has 0 aliphatic heterocycles. The van der Waals surface area contributed by atoms with Crippen molar-refractivity contribution in [2.45, 2.75) is 0 Å². The lowest BCUT2D eigenvalue weighted by atomic mass is 9.92. The number of para-hydroxylation sites is 1. The summed E-state index contributed by atoms with van der Waals surface area (Å²) in [5.41, 5.74) is 8.95. The highest BCUT2D eigenvalue weighted by molar-refractivity contribution is 6.21. The van der Waals surface area contributed by atoms with Gasteiger partial charge in [-0.15, -0.1) is 0 Å². The Morgan fingerprint density at radius 2 is 0.894 bits per heavy atom. The van der Waals surface area contributed by atoms with Gasteiger partial charge in [0.05, 0.1) is 0 Å². The van der Waals surface area contributed by atoms with Gasteiger partial charge in [-0.05, 0) is 40.5 Å². The third kappa shape index (κ3) is 4.75. The van der Waals surface area contributed by atoms with Crippen LogP contribution in [0.1, 0.15) is 0 Å². The summed E-state index contributed by atoms with van der Waals surface area (Å²) in [7, 11) is 0. The molecule has 0 bridgehead atoms. The van der Waals surface area contributed by atoms with Gasteiger partial charge in [-0.1, -0.05) is 146 Å². The molecule has 0 saturated heterocycles. The number of benzene rings is 7. The maximum absolute atomic E-state index is 6.54. The van der Waals surface area contributed by atoms with Crippen LogP contribution in [0.25, 0.3) is 89.1 Å². The molecule has 0 atom stereocenters. The fraction of sp³-hybridized carbons (Fsp3) is 0. The fourth-order valence-electron chi connectivity index (χ4n) is 6.50.